The van der Waals surface area contributed by atoms with E-state index in [0.29, 0.717) is 5.65 Å². The Hall–Kier alpha value is -0.920. The Kier molecular flexibility index (Phi) is 3.00. The summed E-state index contributed by atoms with van der Waals surface area (Å²) in [4.78, 5) is 15.5. The van der Waals surface area contributed by atoms with Crippen LogP contribution in [0.4, 0.5) is 0 Å². The molecular formula is C9H8Br2N4O. The van der Waals surface area contributed by atoms with E-state index < -0.39 is 5.91 Å². The molecule has 0 radical (unpaired) electrons. The van der Waals surface area contributed by atoms with E-state index in [9.17, 15) is 4.79 Å². The van der Waals surface area contributed by atoms with Crippen LogP contribution in [0.2, 0.25) is 0 Å². The maximum Gasteiger partial charge on any atom is 0.285 e. The van der Waals surface area contributed by atoms with Crippen molar-refractivity contribution in [2.45, 2.75) is 6.92 Å². The monoisotopic (exact) mass is 346 g/mol. The lowest BCUT2D eigenvalue weighted by Gasteiger charge is -2.03. The second-order valence-corrected chi connectivity index (χ2v) is 4.93. The molecule has 0 fully saturated rings. The largest absolute Gasteiger partial charge is 0.301 e. The van der Waals surface area contributed by atoms with Crippen molar-refractivity contribution in [1.29, 1.82) is 0 Å². The maximum absolute atomic E-state index is 11.4. The van der Waals surface area contributed by atoms with E-state index in [1.165, 1.54) is 0 Å². The van der Waals surface area contributed by atoms with E-state index in [4.69, 9.17) is 5.84 Å². The highest BCUT2D eigenvalue weighted by Crippen LogP contribution is 2.26. The van der Waals surface area contributed by atoms with Crippen molar-refractivity contribution >= 4 is 43.4 Å². The average Bonchev–Trinajstić information content (AvgIpc) is 2.70. The molecule has 7 heteroatoms. The van der Waals surface area contributed by atoms with Gasteiger partial charge in [-0.2, -0.15) is 0 Å². The first-order valence-corrected chi connectivity index (χ1v) is 5.98. The number of carbonyl (C=O) groups excluding carboxylic acids is 1. The van der Waals surface area contributed by atoms with Gasteiger partial charge in [0.2, 0.25) is 0 Å². The number of hydrazine groups is 1. The highest BCUT2D eigenvalue weighted by molar-refractivity contribution is 9.11. The van der Waals surface area contributed by atoms with E-state index in [1.54, 1.807) is 6.20 Å². The van der Waals surface area contributed by atoms with Crippen molar-refractivity contribution in [3.8, 4) is 0 Å². The van der Waals surface area contributed by atoms with Crippen LogP contribution in [0, 0.1) is 6.92 Å². The van der Waals surface area contributed by atoms with Crippen molar-refractivity contribution in [3.63, 3.8) is 0 Å². The molecule has 16 heavy (non-hydrogen) atoms. The van der Waals surface area contributed by atoms with Gasteiger partial charge in [-0.1, -0.05) is 0 Å². The molecule has 0 aliphatic carbocycles. The van der Waals surface area contributed by atoms with Crippen molar-refractivity contribution in [2.75, 3.05) is 0 Å². The molecule has 84 valence electrons. The first-order chi connectivity index (χ1) is 7.54. The fraction of sp³-hybridized carbons (Fsp3) is 0.111. The molecule has 0 spiro atoms. The van der Waals surface area contributed by atoms with Gasteiger partial charge in [0.15, 0.2) is 5.65 Å². The van der Waals surface area contributed by atoms with E-state index in [2.05, 4.69) is 42.3 Å². The number of nitrogens with two attached hydrogens (primary N) is 1. The normalized spacial score (nSPS) is 10.8. The molecule has 0 atom stereocenters. The number of hydrogen-bond donors (Lipinski definition) is 2. The molecule has 0 saturated heterocycles. The molecule has 5 nitrogen and oxygen atoms in total. The molecule has 2 aromatic heterocycles. The summed E-state index contributed by atoms with van der Waals surface area (Å²) >= 11 is 6.82. The average molecular weight is 348 g/mol. The third-order valence-electron chi connectivity index (χ3n) is 2.24. The highest BCUT2D eigenvalue weighted by Gasteiger charge is 2.13. The van der Waals surface area contributed by atoms with E-state index in [-0.39, 0.29) is 5.69 Å². The molecule has 0 bridgehead atoms. The van der Waals surface area contributed by atoms with Gasteiger partial charge in [0, 0.05) is 16.4 Å². The summed E-state index contributed by atoms with van der Waals surface area (Å²) in [6.45, 7) is 1.93. The number of hydrogen-bond acceptors (Lipinski definition) is 3. The van der Waals surface area contributed by atoms with Gasteiger partial charge < -0.3 is 4.40 Å². The maximum atomic E-state index is 11.4. The van der Waals surface area contributed by atoms with Crippen LogP contribution in [0.5, 0.6) is 0 Å². The molecule has 3 N–H and O–H groups in total. The van der Waals surface area contributed by atoms with Crippen LogP contribution in [0.25, 0.3) is 5.65 Å². The first-order valence-electron chi connectivity index (χ1n) is 4.39. The molecule has 1 amide bonds. The number of nitrogens with one attached hydrogen (secondary N) is 1. The Labute approximate surface area is 108 Å². The van der Waals surface area contributed by atoms with Crippen LogP contribution in [-0.2, 0) is 0 Å². The number of carbonyl (C=O) groups is 1. The van der Waals surface area contributed by atoms with Crippen LogP contribution in [-0.4, -0.2) is 15.3 Å². The SMILES string of the molecule is Cc1c(Br)cc(Br)c2nc(C(=O)NN)cn12. The number of amides is 1. The molecular weight excluding hydrogens is 340 g/mol. The summed E-state index contributed by atoms with van der Waals surface area (Å²) in [5.41, 5.74) is 3.98. The lowest BCUT2D eigenvalue weighted by molar-refractivity contribution is 0.0949. The number of halogens is 2. The zero-order valence-electron chi connectivity index (χ0n) is 8.29. The predicted molar refractivity (Wildman–Crippen MR) is 67.0 cm³/mol. The van der Waals surface area contributed by atoms with Crippen LogP contribution >= 0.6 is 31.9 Å². The molecule has 0 aliphatic rings. The van der Waals surface area contributed by atoms with Gasteiger partial charge in [-0.05, 0) is 44.8 Å². The van der Waals surface area contributed by atoms with Gasteiger partial charge in [-0.3, -0.25) is 10.2 Å². The van der Waals surface area contributed by atoms with Gasteiger partial charge in [0.05, 0.1) is 4.47 Å². The summed E-state index contributed by atoms with van der Waals surface area (Å²) in [5, 5.41) is 0. The number of imidazole rings is 1. The fourth-order valence-electron chi connectivity index (χ4n) is 1.38. The van der Waals surface area contributed by atoms with Crippen molar-refractivity contribution in [2.24, 2.45) is 5.84 Å². The zero-order chi connectivity index (χ0) is 11.9. The Balaban J connectivity index is 2.74. The predicted octanol–water partition coefficient (Wildman–Crippen LogP) is 1.77. The quantitative estimate of drug-likeness (QED) is 0.469. The van der Waals surface area contributed by atoms with Crippen LogP contribution in [0.15, 0.2) is 21.2 Å². The minimum absolute atomic E-state index is 0.282. The fourth-order valence-corrected chi connectivity index (χ4v) is 2.62. The second kappa shape index (κ2) is 4.15. The van der Waals surface area contributed by atoms with Gasteiger partial charge in [-0.25, -0.2) is 10.8 Å². The van der Waals surface area contributed by atoms with Crippen molar-refractivity contribution in [1.82, 2.24) is 14.8 Å². The standard InChI is InChI=1S/C9H8Br2N4O/c1-4-5(10)2-6(11)8-13-7(3-15(4)8)9(16)14-12/h2-3H,12H2,1H3,(H,14,16). The van der Waals surface area contributed by atoms with Gasteiger partial charge in [0.25, 0.3) is 5.91 Å². The Morgan fingerprint density at radius 1 is 1.50 bits per heavy atom. The Morgan fingerprint density at radius 2 is 2.19 bits per heavy atom. The Morgan fingerprint density at radius 3 is 2.81 bits per heavy atom. The Bertz CT molecular complexity index is 578. The number of nitrogen functional groups attached to an aromatic ring is 1. The van der Waals surface area contributed by atoms with Crippen molar-refractivity contribution < 1.29 is 4.79 Å². The summed E-state index contributed by atoms with van der Waals surface area (Å²) in [6.07, 6.45) is 1.64. The van der Waals surface area contributed by atoms with E-state index in [1.807, 2.05) is 17.4 Å². The number of pyridine rings is 1. The van der Waals surface area contributed by atoms with Gasteiger partial charge >= 0.3 is 0 Å². The third kappa shape index (κ3) is 1.74. The number of nitrogens with zero attached hydrogens (tertiary/aromatic N) is 2. The number of rotatable bonds is 1. The minimum atomic E-state index is -0.411. The van der Waals surface area contributed by atoms with Crippen molar-refractivity contribution in [3.05, 3.63) is 32.6 Å². The number of fused-ring (bicyclic) bond motifs is 1. The smallest absolute Gasteiger partial charge is 0.285 e. The number of aromatic nitrogens is 2. The summed E-state index contributed by atoms with van der Waals surface area (Å²) in [5.74, 6) is 4.65. The van der Waals surface area contributed by atoms with E-state index in [0.717, 1.165) is 14.6 Å². The van der Waals surface area contributed by atoms with Crippen LogP contribution in [0.1, 0.15) is 16.2 Å². The summed E-state index contributed by atoms with van der Waals surface area (Å²) < 4.78 is 3.56. The molecule has 2 aromatic rings. The van der Waals surface area contributed by atoms with Crippen LogP contribution < -0.4 is 11.3 Å². The first kappa shape index (κ1) is 11.6. The molecule has 0 unspecified atom stereocenters. The van der Waals surface area contributed by atoms with Crippen LogP contribution in [0.3, 0.4) is 0 Å². The summed E-state index contributed by atoms with van der Waals surface area (Å²) in [6, 6.07) is 1.89. The number of aryl methyl sites for hydroxylation is 1. The zero-order valence-corrected chi connectivity index (χ0v) is 11.5. The molecule has 2 heterocycles. The summed E-state index contributed by atoms with van der Waals surface area (Å²) in [7, 11) is 0. The minimum Gasteiger partial charge on any atom is -0.301 e. The molecule has 0 aliphatic heterocycles. The molecule has 0 saturated carbocycles. The van der Waals surface area contributed by atoms with Gasteiger partial charge in [-0.15, -0.1) is 0 Å². The lowest BCUT2D eigenvalue weighted by Crippen LogP contribution is -2.30. The third-order valence-corrected chi connectivity index (χ3v) is 3.63. The van der Waals surface area contributed by atoms with Gasteiger partial charge in [0.1, 0.15) is 5.69 Å². The second-order valence-electron chi connectivity index (χ2n) is 3.22. The molecule has 0 aromatic carbocycles. The van der Waals surface area contributed by atoms with E-state index >= 15 is 0 Å². The lowest BCUT2D eigenvalue weighted by atomic mass is 10.4. The highest BCUT2D eigenvalue weighted by atomic mass is 79.9. The topological polar surface area (TPSA) is 72.4 Å². The molecule has 2 rings (SSSR count).